The number of rotatable bonds is 3. The Bertz CT molecular complexity index is 608. The molecule has 0 fully saturated rings. The number of methoxy groups -OCH3 is 2. The number of benzene rings is 2. The first-order valence-corrected chi connectivity index (χ1v) is 5.68. The smallest absolute Gasteiger partial charge is 0.337 e. The van der Waals surface area contributed by atoms with Crippen LogP contribution in [0.2, 0.25) is 0 Å². The summed E-state index contributed by atoms with van der Waals surface area (Å²) >= 11 is 0. The molecule has 2 rings (SSSR count). The minimum atomic E-state index is -0.573. The van der Waals surface area contributed by atoms with Gasteiger partial charge in [-0.2, -0.15) is 0 Å². The summed E-state index contributed by atoms with van der Waals surface area (Å²) in [5, 5.41) is 0. The van der Waals surface area contributed by atoms with Gasteiger partial charge in [-0.15, -0.1) is 0 Å². The van der Waals surface area contributed by atoms with Crippen molar-refractivity contribution in [3.63, 3.8) is 0 Å². The number of ether oxygens (including phenoxy) is 2. The van der Waals surface area contributed by atoms with E-state index in [-0.39, 0.29) is 5.56 Å². The Morgan fingerprint density at radius 2 is 1.84 bits per heavy atom. The molecular weight excluding hydrogens is 247 g/mol. The second-order valence-corrected chi connectivity index (χ2v) is 3.92. The van der Waals surface area contributed by atoms with Gasteiger partial charge >= 0.3 is 5.97 Å². The molecule has 0 spiro atoms. The Morgan fingerprint density at radius 3 is 2.53 bits per heavy atom. The maximum Gasteiger partial charge on any atom is 0.337 e. The third-order valence-electron chi connectivity index (χ3n) is 2.74. The number of hydrogen-bond acceptors (Lipinski definition) is 3. The van der Waals surface area contributed by atoms with Crippen molar-refractivity contribution in [2.24, 2.45) is 0 Å². The lowest BCUT2D eigenvalue weighted by Crippen LogP contribution is -2.02. The van der Waals surface area contributed by atoms with Gasteiger partial charge in [0.1, 0.15) is 11.6 Å². The van der Waals surface area contributed by atoms with Crippen LogP contribution >= 0.6 is 0 Å². The fourth-order valence-electron chi connectivity index (χ4n) is 1.86. The van der Waals surface area contributed by atoms with Crippen molar-refractivity contribution in [1.29, 1.82) is 0 Å². The van der Waals surface area contributed by atoms with E-state index in [0.717, 1.165) is 11.6 Å². The van der Waals surface area contributed by atoms with Crippen LogP contribution in [0, 0.1) is 5.82 Å². The summed E-state index contributed by atoms with van der Waals surface area (Å²) in [7, 11) is 2.80. The number of para-hydroxylation sites is 1. The number of carbonyl (C=O) groups is 1. The van der Waals surface area contributed by atoms with Crippen LogP contribution in [0.25, 0.3) is 11.1 Å². The van der Waals surface area contributed by atoms with Crippen molar-refractivity contribution in [2.45, 2.75) is 0 Å². The molecule has 0 saturated heterocycles. The van der Waals surface area contributed by atoms with Crippen LogP contribution in [0.1, 0.15) is 10.4 Å². The Labute approximate surface area is 110 Å². The molecule has 0 aliphatic carbocycles. The molecule has 0 saturated carbocycles. The van der Waals surface area contributed by atoms with Crippen molar-refractivity contribution in [2.75, 3.05) is 14.2 Å². The van der Waals surface area contributed by atoms with Crippen LogP contribution in [0.5, 0.6) is 5.75 Å². The zero-order valence-corrected chi connectivity index (χ0v) is 10.6. The highest BCUT2D eigenvalue weighted by Crippen LogP contribution is 2.30. The number of esters is 1. The molecule has 0 aliphatic rings. The van der Waals surface area contributed by atoms with Crippen molar-refractivity contribution in [3.8, 4) is 16.9 Å². The summed E-state index contributed by atoms with van der Waals surface area (Å²) in [4.78, 5) is 11.5. The quantitative estimate of drug-likeness (QED) is 0.794. The third kappa shape index (κ3) is 2.73. The normalized spacial score (nSPS) is 10.1. The highest BCUT2D eigenvalue weighted by Gasteiger charge is 2.12. The summed E-state index contributed by atoms with van der Waals surface area (Å²) in [6.45, 7) is 0. The molecule has 0 amide bonds. The van der Waals surface area contributed by atoms with Crippen LogP contribution in [-0.4, -0.2) is 20.2 Å². The molecule has 3 nitrogen and oxygen atoms in total. The number of carbonyl (C=O) groups excluding carboxylic acids is 1. The fraction of sp³-hybridized carbons (Fsp3) is 0.133. The zero-order chi connectivity index (χ0) is 13.8. The average molecular weight is 260 g/mol. The molecule has 98 valence electrons. The topological polar surface area (TPSA) is 35.5 Å². The van der Waals surface area contributed by atoms with Gasteiger partial charge in [0.2, 0.25) is 0 Å². The van der Waals surface area contributed by atoms with Crippen LogP contribution in [0.15, 0.2) is 42.5 Å². The van der Waals surface area contributed by atoms with E-state index >= 15 is 0 Å². The standard InChI is InChI=1S/C15H13FO3/c1-18-14-6-4-3-5-13(14)10-7-11(15(17)19-2)9-12(16)8-10/h3-9H,1-2H3. The Kier molecular flexibility index (Phi) is 3.80. The van der Waals surface area contributed by atoms with E-state index in [1.165, 1.54) is 13.2 Å². The molecule has 4 heteroatoms. The molecule has 2 aromatic carbocycles. The van der Waals surface area contributed by atoms with Gasteiger partial charge in [0.15, 0.2) is 0 Å². The average Bonchev–Trinajstić information content (AvgIpc) is 2.45. The molecule has 0 heterocycles. The maximum absolute atomic E-state index is 13.6. The Hall–Kier alpha value is -2.36. The molecule has 0 unspecified atom stereocenters. The zero-order valence-electron chi connectivity index (χ0n) is 10.6. The van der Waals surface area contributed by atoms with Gasteiger partial charge in [-0.3, -0.25) is 0 Å². The lowest BCUT2D eigenvalue weighted by Gasteiger charge is -2.09. The molecule has 19 heavy (non-hydrogen) atoms. The largest absolute Gasteiger partial charge is 0.496 e. The summed E-state index contributed by atoms with van der Waals surface area (Å²) < 4.78 is 23.4. The lowest BCUT2D eigenvalue weighted by atomic mass is 10.0. The summed E-state index contributed by atoms with van der Waals surface area (Å²) in [5.74, 6) is -0.455. The van der Waals surface area contributed by atoms with Gasteiger partial charge in [-0.05, 0) is 29.8 Å². The molecular formula is C15H13FO3. The Morgan fingerprint density at radius 1 is 1.11 bits per heavy atom. The van der Waals surface area contributed by atoms with Crippen molar-refractivity contribution in [1.82, 2.24) is 0 Å². The molecule has 0 aromatic heterocycles. The maximum atomic E-state index is 13.6. The molecule has 0 radical (unpaired) electrons. The summed E-state index contributed by atoms with van der Waals surface area (Å²) in [6, 6.07) is 11.3. The third-order valence-corrected chi connectivity index (χ3v) is 2.74. The fourth-order valence-corrected chi connectivity index (χ4v) is 1.86. The molecule has 0 atom stereocenters. The van der Waals surface area contributed by atoms with Gasteiger partial charge < -0.3 is 9.47 Å². The van der Waals surface area contributed by atoms with E-state index in [4.69, 9.17) is 4.74 Å². The van der Waals surface area contributed by atoms with Gasteiger partial charge in [-0.25, -0.2) is 9.18 Å². The summed E-state index contributed by atoms with van der Waals surface area (Å²) in [5.41, 5.74) is 1.45. The SMILES string of the molecule is COC(=O)c1cc(F)cc(-c2ccccc2OC)c1. The summed E-state index contributed by atoms with van der Waals surface area (Å²) in [6.07, 6.45) is 0. The predicted molar refractivity (Wildman–Crippen MR) is 69.7 cm³/mol. The van der Waals surface area contributed by atoms with E-state index in [9.17, 15) is 9.18 Å². The Balaban J connectivity index is 2.56. The van der Waals surface area contributed by atoms with Crippen molar-refractivity contribution < 1.29 is 18.7 Å². The van der Waals surface area contributed by atoms with Gasteiger partial charge in [0.05, 0.1) is 19.8 Å². The number of hydrogen-bond donors (Lipinski definition) is 0. The first-order chi connectivity index (χ1) is 9.15. The molecule has 0 aliphatic heterocycles. The van der Waals surface area contributed by atoms with E-state index in [1.807, 2.05) is 12.1 Å². The minimum absolute atomic E-state index is 0.170. The van der Waals surface area contributed by atoms with Crippen molar-refractivity contribution >= 4 is 5.97 Å². The molecule has 2 aromatic rings. The van der Waals surface area contributed by atoms with E-state index in [1.54, 1.807) is 25.3 Å². The van der Waals surface area contributed by atoms with Crippen molar-refractivity contribution in [3.05, 3.63) is 53.8 Å². The van der Waals surface area contributed by atoms with Gasteiger partial charge in [0, 0.05) is 5.56 Å². The highest BCUT2D eigenvalue weighted by atomic mass is 19.1. The van der Waals surface area contributed by atoms with Gasteiger partial charge in [-0.1, -0.05) is 18.2 Å². The van der Waals surface area contributed by atoms with Gasteiger partial charge in [0.25, 0.3) is 0 Å². The highest BCUT2D eigenvalue weighted by molar-refractivity contribution is 5.91. The van der Waals surface area contributed by atoms with Crippen LogP contribution in [0.4, 0.5) is 4.39 Å². The lowest BCUT2D eigenvalue weighted by molar-refractivity contribution is 0.0600. The van der Waals surface area contributed by atoms with E-state index in [2.05, 4.69) is 4.74 Å². The molecule has 0 N–H and O–H groups in total. The monoisotopic (exact) mass is 260 g/mol. The first-order valence-electron chi connectivity index (χ1n) is 5.68. The minimum Gasteiger partial charge on any atom is -0.496 e. The van der Waals surface area contributed by atoms with Crippen LogP contribution in [-0.2, 0) is 4.74 Å². The number of halogens is 1. The second-order valence-electron chi connectivity index (χ2n) is 3.92. The van der Waals surface area contributed by atoms with Crippen LogP contribution < -0.4 is 4.74 Å². The predicted octanol–water partition coefficient (Wildman–Crippen LogP) is 3.29. The van der Waals surface area contributed by atoms with Crippen LogP contribution in [0.3, 0.4) is 0 Å². The second kappa shape index (κ2) is 5.52. The van der Waals surface area contributed by atoms with E-state index < -0.39 is 11.8 Å². The molecule has 0 bridgehead atoms. The first kappa shape index (κ1) is 13.1. The van der Waals surface area contributed by atoms with E-state index in [0.29, 0.717) is 11.3 Å².